The van der Waals surface area contributed by atoms with E-state index in [9.17, 15) is 45.5 Å². The Kier molecular flexibility index (Phi) is 4.56. The Balaban J connectivity index is 1.45. The zero-order valence-electron chi connectivity index (χ0n) is 23.7. The molecule has 0 aliphatic rings. The highest BCUT2D eigenvalue weighted by atomic mass is 19.4. The van der Waals surface area contributed by atoms with Gasteiger partial charge in [-0.05, 0) is 24.3 Å². The molecule has 0 amide bonds. The minimum Gasteiger partial charge on any atom is -0.307 e. The van der Waals surface area contributed by atoms with E-state index >= 15 is 0 Å². The van der Waals surface area contributed by atoms with Crippen LogP contribution in [0.15, 0.2) is 92.0 Å². The van der Waals surface area contributed by atoms with Crippen molar-refractivity contribution in [1.29, 1.82) is 0 Å². The van der Waals surface area contributed by atoms with Crippen LogP contribution in [0.2, 0.25) is 0 Å². The van der Waals surface area contributed by atoms with Gasteiger partial charge in [0.2, 0.25) is 0 Å². The van der Waals surface area contributed by atoms with Crippen molar-refractivity contribution in [2.45, 2.75) is 12.4 Å². The Hall–Kier alpha value is -6.04. The number of aromatic nitrogens is 2. The van der Waals surface area contributed by atoms with Gasteiger partial charge in [-0.2, -0.15) is 26.3 Å². The van der Waals surface area contributed by atoms with Crippen LogP contribution in [0.1, 0.15) is 11.1 Å². The van der Waals surface area contributed by atoms with Gasteiger partial charge in [0.05, 0.1) is 44.2 Å². The van der Waals surface area contributed by atoms with Crippen LogP contribution in [0.4, 0.5) is 26.3 Å². The lowest BCUT2D eigenvalue weighted by molar-refractivity contribution is -0.138. The summed E-state index contributed by atoms with van der Waals surface area (Å²) in [5.41, 5.74) is -3.62. The van der Waals surface area contributed by atoms with Crippen LogP contribution >= 0.6 is 0 Å². The third kappa shape index (κ3) is 3.10. The molecule has 0 atom stereocenters. The lowest BCUT2D eigenvalue weighted by Crippen LogP contribution is -2.16. The normalized spacial score (nSPS) is 13.5. The van der Waals surface area contributed by atoms with Crippen LogP contribution in [0.3, 0.4) is 0 Å². The van der Waals surface area contributed by atoms with Gasteiger partial charge in [-0.25, -0.2) is 0 Å². The summed E-state index contributed by atoms with van der Waals surface area (Å²) in [4.78, 5) is 53.8. The highest BCUT2D eigenvalue weighted by Gasteiger charge is 2.34. The molecule has 0 spiro atoms. The van der Waals surface area contributed by atoms with Crippen LogP contribution in [0.25, 0.3) is 87.0 Å². The van der Waals surface area contributed by atoms with E-state index in [1.165, 1.54) is 24.3 Å². The predicted octanol–water partition coefficient (Wildman–Crippen LogP) is 7.49. The molecule has 0 unspecified atom stereocenters. The number of halogens is 6. The Labute approximate surface area is 259 Å². The summed E-state index contributed by atoms with van der Waals surface area (Å²) in [5, 5.41) is 2.22. The molecule has 232 valence electrons. The molecule has 6 aromatic heterocycles. The number of hydrogen-bond donors (Lipinski definition) is 0. The number of alkyl halides is 6. The molecule has 4 aromatic carbocycles. The van der Waals surface area contributed by atoms with E-state index in [0.717, 1.165) is 24.3 Å². The summed E-state index contributed by atoms with van der Waals surface area (Å²) < 4.78 is 85.7. The van der Waals surface area contributed by atoms with Crippen LogP contribution in [0, 0.1) is 0 Å². The fourth-order valence-corrected chi connectivity index (χ4v) is 7.78. The second-order valence-electron chi connectivity index (χ2n) is 12.2. The SMILES string of the molecule is O=c1cc2c3ccc4c5c(ccc(c35)c3cc(=O)c5cc(C(F)(F)F)cc1c5n23)c1cc(=O)c2cc(C(F)(F)F)cc3c(=O)cc4n1c32. The van der Waals surface area contributed by atoms with E-state index in [0.29, 0.717) is 54.4 Å². The fourth-order valence-electron chi connectivity index (χ4n) is 7.78. The van der Waals surface area contributed by atoms with Crippen molar-refractivity contribution >= 4 is 87.0 Å². The van der Waals surface area contributed by atoms with Crippen molar-refractivity contribution in [3.63, 3.8) is 0 Å². The van der Waals surface area contributed by atoms with Gasteiger partial charge in [-0.1, -0.05) is 24.3 Å². The number of fused-ring (bicyclic) bond motifs is 4. The highest BCUT2D eigenvalue weighted by molar-refractivity contribution is 6.33. The topological polar surface area (TPSA) is 77.1 Å². The Morgan fingerprint density at radius 1 is 0.375 bits per heavy atom. The zero-order valence-corrected chi connectivity index (χ0v) is 23.7. The van der Waals surface area contributed by atoms with E-state index in [1.54, 1.807) is 33.1 Å². The molecular formula is C36H12F6N2O4. The van der Waals surface area contributed by atoms with Crippen LogP contribution in [0.5, 0.6) is 0 Å². The molecule has 6 nitrogen and oxygen atoms in total. The number of pyridine rings is 6. The molecule has 0 bridgehead atoms. The Morgan fingerprint density at radius 3 is 0.854 bits per heavy atom. The van der Waals surface area contributed by atoms with Crippen molar-refractivity contribution in [3.8, 4) is 0 Å². The van der Waals surface area contributed by atoms with Crippen LogP contribution in [-0.2, 0) is 12.4 Å². The maximum Gasteiger partial charge on any atom is 0.416 e. The monoisotopic (exact) mass is 650 g/mol. The van der Waals surface area contributed by atoms with E-state index in [4.69, 9.17) is 0 Å². The zero-order chi connectivity index (χ0) is 33.3. The standard InChI is InChI=1S/C36H12F6N2O4/c37-35(38,39)13-5-19-27(45)9-23-15-1-2-16-24-10-28(46)21-7-14(36(40,41)42)8-22-30(48)12-26(44(24)34(21)22)18-4-3-17(31(15)32(16)18)25-11-29(47)20(6-13)33(19)43(23)25/h1-12H. The molecule has 0 aliphatic heterocycles. The average molecular weight is 650 g/mol. The van der Waals surface area contributed by atoms with E-state index in [-0.39, 0.29) is 32.6 Å². The van der Waals surface area contributed by atoms with Gasteiger partial charge in [-0.15, -0.1) is 0 Å². The van der Waals surface area contributed by atoms with Crippen molar-refractivity contribution in [1.82, 2.24) is 8.80 Å². The first-order chi connectivity index (χ1) is 22.7. The van der Waals surface area contributed by atoms with Crippen LogP contribution < -0.4 is 21.7 Å². The second kappa shape index (κ2) is 8.08. The van der Waals surface area contributed by atoms with Gasteiger partial charge in [0.15, 0.2) is 21.7 Å². The highest BCUT2D eigenvalue weighted by Crippen LogP contribution is 2.44. The second-order valence-corrected chi connectivity index (χ2v) is 12.2. The molecule has 6 heterocycles. The molecule has 0 radical (unpaired) electrons. The van der Waals surface area contributed by atoms with E-state index in [1.807, 2.05) is 0 Å². The summed E-state index contributed by atoms with van der Waals surface area (Å²) in [6.45, 7) is 0. The van der Waals surface area contributed by atoms with Gasteiger partial charge in [-0.3, -0.25) is 19.2 Å². The fraction of sp³-hybridized carbons (Fsp3) is 0.0556. The van der Waals surface area contributed by atoms with Crippen molar-refractivity contribution in [2.24, 2.45) is 0 Å². The smallest absolute Gasteiger partial charge is 0.307 e. The molecule has 12 heteroatoms. The van der Waals surface area contributed by atoms with Gasteiger partial charge in [0, 0.05) is 78.1 Å². The molecule has 0 saturated carbocycles. The first-order valence-electron chi connectivity index (χ1n) is 14.5. The maximum absolute atomic E-state index is 13.7. The summed E-state index contributed by atoms with van der Waals surface area (Å²) in [5.74, 6) is 0. The molecule has 0 saturated heterocycles. The van der Waals surface area contributed by atoms with Gasteiger partial charge in [0.25, 0.3) is 0 Å². The molecule has 48 heavy (non-hydrogen) atoms. The molecule has 0 fully saturated rings. The first-order valence-corrected chi connectivity index (χ1v) is 14.5. The number of rotatable bonds is 0. The molecule has 10 rings (SSSR count). The molecule has 10 aromatic rings. The maximum atomic E-state index is 13.7. The largest absolute Gasteiger partial charge is 0.416 e. The van der Waals surface area contributed by atoms with Crippen molar-refractivity contribution in [2.75, 3.05) is 0 Å². The minimum absolute atomic E-state index is 0.0572. The Bertz CT molecular complexity index is 2930. The van der Waals surface area contributed by atoms with Crippen LogP contribution in [-0.4, -0.2) is 8.80 Å². The summed E-state index contributed by atoms with van der Waals surface area (Å²) in [6, 6.07) is 14.7. The molecular weight excluding hydrogens is 638 g/mol. The van der Waals surface area contributed by atoms with Gasteiger partial charge < -0.3 is 8.80 Å². The summed E-state index contributed by atoms with van der Waals surface area (Å²) in [7, 11) is 0. The third-order valence-electron chi connectivity index (χ3n) is 9.68. The quantitative estimate of drug-likeness (QED) is 0.0969. The summed E-state index contributed by atoms with van der Waals surface area (Å²) >= 11 is 0. The lowest BCUT2D eigenvalue weighted by Gasteiger charge is -2.22. The summed E-state index contributed by atoms with van der Waals surface area (Å²) in [6.07, 6.45) is -9.58. The van der Waals surface area contributed by atoms with E-state index in [2.05, 4.69) is 0 Å². The molecule has 0 aliphatic carbocycles. The number of hydrogen-bond acceptors (Lipinski definition) is 4. The average Bonchev–Trinajstić information content (AvgIpc) is 3.03. The molecule has 0 N–H and O–H groups in total. The Morgan fingerprint density at radius 2 is 0.625 bits per heavy atom. The van der Waals surface area contributed by atoms with Crippen molar-refractivity contribution < 1.29 is 26.3 Å². The lowest BCUT2D eigenvalue weighted by atomic mass is 9.91. The number of nitrogens with zero attached hydrogens (tertiary/aromatic N) is 2. The van der Waals surface area contributed by atoms with E-state index < -0.39 is 45.2 Å². The van der Waals surface area contributed by atoms with Gasteiger partial charge >= 0.3 is 12.4 Å². The van der Waals surface area contributed by atoms with Crippen molar-refractivity contribution in [3.05, 3.63) is 125 Å². The predicted molar refractivity (Wildman–Crippen MR) is 171 cm³/mol. The first kappa shape index (κ1) is 27.1. The van der Waals surface area contributed by atoms with Gasteiger partial charge in [0.1, 0.15) is 0 Å². The minimum atomic E-state index is -4.79. The number of benzene rings is 4. The third-order valence-corrected chi connectivity index (χ3v) is 9.68.